The van der Waals surface area contributed by atoms with Crippen LogP contribution in [0.2, 0.25) is 5.02 Å². The van der Waals surface area contributed by atoms with Crippen LogP contribution in [0.15, 0.2) is 23.0 Å². The predicted molar refractivity (Wildman–Crippen MR) is 68.3 cm³/mol. The van der Waals surface area contributed by atoms with Gasteiger partial charge in [-0.1, -0.05) is 31.0 Å². The van der Waals surface area contributed by atoms with Crippen molar-refractivity contribution in [2.24, 2.45) is 0 Å². The van der Waals surface area contributed by atoms with Gasteiger partial charge in [0, 0.05) is 17.1 Å². The maximum Gasteiger partial charge on any atom is 0.189 e. The second-order valence-electron chi connectivity index (χ2n) is 4.02. The summed E-state index contributed by atoms with van der Waals surface area (Å²) < 4.78 is 0. The molecule has 0 fully saturated rings. The maximum atomic E-state index is 12.0. The van der Waals surface area contributed by atoms with E-state index >= 15 is 0 Å². The highest BCUT2D eigenvalue weighted by Gasteiger charge is 2.07. The van der Waals surface area contributed by atoms with Gasteiger partial charge in [-0.05, 0) is 25.0 Å². The van der Waals surface area contributed by atoms with Crippen LogP contribution in [-0.4, -0.2) is 4.98 Å². The molecule has 0 aliphatic rings. The number of fused-ring (bicyclic) bond motifs is 1. The lowest BCUT2D eigenvalue weighted by Crippen LogP contribution is -2.06. The average Bonchev–Trinajstić information content (AvgIpc) is 2.23. The van der Waals surface area contributed by atoms with Crippen LogP contribution in [0.25, 0.3) is 10.9 Å². The number of hydrogen-bond donors (Lipinski definition) is 1. The molecule has 0 aliphatic heterocycles. The second-order valence-corrected chi connectivity index (χ2v) is 4.43. The molecule has 1 N–H and O–H groups in total. The zero-order chi connectivity index (χ0) is 11.7. The first-order valence-electron chi connectivity index (χ1n) is 5.44. The second kappa shape index (κ2) is 4.30. The summed E-state index contributed by atoms with van der Waals surface area (Å²) in [7, 11) is 0. The minimum absolute atomic E-state index is 0.0530. The first-order chi connectivity index (χ1) is 7.63. The molecule has 0 unspecified atom stereocenters. The minimum atomic E-state index is 0.0530. The third-order valence-corrected chi connectivity index (χ3v) is 3.03. The van der Waals surface area contributed by atoms with E-state index in [1.807, 2.05) is 19.1 Å². The molecule has 0 saturated carbocycles. The molecule has 0 saturated heterocycles. The number of halogens is 1. The largest absolute Gasteiger partial charge is 0.357 e. The SMILES string of the molecule is CCCc1cc(=O)c2c(C)ccc(Cl)c2[nH]1. The van der Waals surface area contributed by atoms with Gasteiger partial charge in [-0.2, -0.15) is 0 Å². The van der Waals surface area contributed by atoms with Crippen molar-refractivity contribution < 1.29 is 0 Å². The van der Waals surface area contributed by atoms with Crippen molar-refractivity contribution in [3.05, 3.63) is 44.7 Å². The van der Waals surface area contributed by atoms with Gasteiger partial charge in [-0.15, -0.1) is 0 Å². The zero-order valence-corrected chi connectivity index (χ0v) is 10.2. The Bertz CT molecular complexity index is 586. The minimum Gasteiger partial charge on any atom is -0.357 e. The molecule has 0 aliphatic carbocycles. The summed E-state index contributed by atoms with van der Waals surface area (Å²) >= 11 is 6.10. The van der Waals surface area contributed by atoms with Crippen molar-refractivity contribution in [1.29, 1.82) is 0 Å². The summed E-state index contributed by atoms with van der Waals surface area (Å²) in [4.78, 5) is 15.2. The highest BCUT2D eigenvalue weighted by molar-refractivity contribution is 6.35. The Morgan fingerprint density at radius 3 is 2.81 bits per heavy atom. The van der Waals surface area contributed by atoms with Crippen molar-refractivity contribution in [1.82, 2.24) is 4.98 Å². The lowest BCUT2D eigenvalue weighted by Gasteiger charge is -2.06. The van der Waals surface area contributed by atoms with E-state index in [1.165, 1.54) is 0 Å². The van der Waals surface area contributed by atoms with Gasteiger partial charge in [0.1, 0.15) is 0 Å². The lowest BCUT2D eigenvalue weighted by molar-refractivity contribution is 0.888. The van der Waals surface area contributed by atoms with Crippen LogP contribution in [0.3, 0.4) is 0 Å². The first kappa shape index (κ1) is 11.2. The van der Waals surface area contributed by atoms with Gasteiger partial charge in [-0.3, -0.25) is 4.79 Å². The van der Waals surface area contributed by atoms with Crippen LogP contribution >= 0.6 is 11.6 Å². The fourth-order valence-corrected chi connectivity index (χ4v) is 2.16. The molecule has 0 radical (unpaired) electrons. The summed E-state index contributed by atoms with van der Waals surface area (Å²) in [6.45, 7) is 4.01. The quantitative estimate of drug-likeness (QED) is 0.850. The fraction of sp³-hybridized carbons (Fsp3) is 0.308. The molecule has 3 heteroatoms. The molecule has 84 valence electrons. The Balaban J connectivity index is 2.81. The Morgan fingerprint density at radius 1 is 1.38 bits per heavy atom. The van der Waals surface area contributed by atoms with Crippen molar-refractivity contribution in [3.8, 4) is 0 Å². The molecular weight excluding hydrogens is 222 g/mol. The van der Waals surface area contributed by atoms with Gasteiger partial charge in [0.25, 0.3) is 0 Å². The van der Waals surface area contributed by atoms with Gasteiger partial charge in [-0.25, -0.2) is 0 Å². The number of aryl methyl sites for hydroxylation is 2. The molecule has 2 rings (SSSR count). The number of H-pyrrole nitrogens is 1. The van der Waals surface area contributed by atoms with Crippen LogP contribution in [0.5, 0.6) is 0 Å². The molecule has 16 heavy (non-hydrogen) atoms. The summed E-state index contributed by atoms with van der Waals surface area (Å²) in [6, 6.07) is 5.37. The van der Waals surface area contributed by atoms with Crippen LogP contribution in [0.4, 0.5) is 0 Å². The number of rotatable bonds is 2. The van der Waals surface area contributed by atoms with Crippen molar-refractivity contribution in [3.63, 3.8) is 0 Å². The number of benzene rings is 1. The molecule has 1 aromatic carbocycles. The Kier molecular flexibility index (Phi) is 3.01. The number of pyridine rings is 1. The number of aromatic amines is 1. The molecule has 1 heterocycles. The van der Waals surface area contributed by atoms with Gasteiger partial charge in [0.2, 0.25) is 0 Å². The van der Waals surface area contributed by atoms with Gasteiger partial charge < -0.3 is 4.98 Å². The summed E-state index contributed by atoms with van der Waals surface area (Å²) in [6.07, 6.45) is 1.88. The summed E-state index contributed by atoms with van der Waals surface area (Å²) in [5.41, 5.74) is 2.73. The Hall–Kier alpha value is -1.28. The number of nitrogens with one attached hydrogen (secondary N) is 1. The van der Waals surface area contributed by atoms with E-state index in [1.54, 1.807) is 6.07 Å². The molecule has 0 bridgehead atoms. The third kappa shape index (κ3) is 1.85. The van der Waals surface area contributed by atoms with E-state index in [4.69, 9.17) is 11.6 Å². The van der Waals surface area contributed by atoms with Crippen LogP contribution in [-0.2, 0) is 6.42 Å². The number of hydrogen-bond acceptors (Lipinski definition) is 1. The topological polar surface area (TPSA) is 32.9 Å². The Labute approximate surface area is 99.3 Å². The van der Waals surface area contributed by atoms with Gasteiger partial charge >= 0.3 is 0 Å². The van der Waals surface area contributed by atoms with E-state index in [0.29, 0.717) is 10.4 Å². The fourth-order valence-electron chi connectivity index (χ4n) is 1.95. The van der Waals surface area contributed by atoms with E-state index in [0.717, 1.165) is 29.6 Å². The molecule has 2 aromatic rings. The van der Waals surface area contributed by atoms with Crippen molar-refractivity contribution in [2.75, 3.05) is 0 Å². The van der Waals surface area contributed by atoms with Gasteiger partial charge in [0.15, 0.2) is 5.43 Å². The van der Waals surface area contributed by atoms with Gasteiger partial charge in [0.05, 0.1) is 10.5 Å². The standard InChI is InChI=1S/C13H14ClNO/c1-3-4-9-7-11(16)12-8(2)5-6-10(14)13(12)15-9/h5-7H,3-4H2,1-2H3,(H,15,16). The van der Waals surface area contributed by atoms with Crippen LogP contribution < -0.4 is 5.43 Å². The first-order valence-corrected chi connectivity index (χ1v) is 5.82. The predicted octanol–water partition coefficient (Wildman–Crippen LogP) is 3.44. The van der Waals surface area contributed by atoms with E-state index in [2.05, 4.69) is 11.9 Å². The average molecular weight is 236 g/mol. The van der Waals surface area contributed by atoms with Crippen LogP contribution in [0.1, 0.15) is 24.6 Å². The highest BCUT2D eigenvalue weighted by Crippen LogP contribution is 2.22. The van der Waals surface area contributed by atoms with Crippen molar-refractivity contribution >= 4 is 22.5 Å². The number of aromatic nitrogens is 1. The third-order valence-electron chi connectivity index (χ3n) is 2.72. The molecule has 0 amide bonds. The van der Waals surface area contributed by atoms with E-state index in [9.17, 15) is 4.79 Å². The molecule has 1 aromatic heterocycles. The normalized spacial score (nSPS) is 10.9. The highest BCUT2D eigenvalue weighted by atomic mass is 35.5. The Morgan fingerprint density at radius 2 is 2.12 bits per heavy atom. The molecule has 2 nitrogen and oxygen atoms in total. The summed E-state index contributed by atoms with van der Waals surface area (Å²) in [5, 5.41) is 1.31. The van der Waals surface area contributed by atoms with Crippen molar-refractivity contribution in [2.45, 2.75) is 26.7 Å². The lowest BCUT2D eigenvalue weighted by atomic mass is 10.1. The maximum absolute atomic E-state index is 12.0. The monoisotopic (exact) mass is 235 g/mol. The molecule has 0 atom stereocenters. The van der Waals surface area contributed by atoms with E-state index < -0.39 is 0 Å². The molecular formula is C13H14ClNO. The summed E-state index contributed by atoms with van der Waals surface area (Å²) in [5.74, 6) is 0. The molecule has 0 spiro atoms. The van der Waals surface area contributed by atoms with E-state index in [-0.39, 0.29) is 5.43 Å². The van der Waals surface area contributed by atoms with Crippen LogP contribution in [0, 0.1) is 6.92 Å². The zero-order valence-electron chi connectivity index (χ0n) is 9.43. The smallest absolute Gasteiger partial charge is 0.189 e.